The summed E-state index contributed by atoms with van der Waals surface area (Å²) in [6, 6.07) is 17.2. The lowest BCUT2D eigenvalue weighted by Gasteiger charge is -2.24. The van der Waals surface area contributed by atoms with E-state index >= 15 is 0 Å². The lowest BCUT2D eigenvalue weighted by molar-refractivity contribution is 0.975. The van der Waals surface area contributed by atoms with Crippen LogP contribution in [0.15, 0.2) is 54.6 Å². The van der Waals surface area contributed by atoms with Gasteiger partial charge >= 0.3 is 0 Å². The van der Waals surface area contributed by atoms with Gasteiger partial charge in [0.1, 0.15) is 0 Å². The maximum Gasteiger partial charge on any atom is 0.0701 e. The van der Waals surface area contributed by atoms with Crippen LogP contribution in [-0.2, 0) is 0 Å². The topological polar surface area (TPSA) is 12.0 Å². The molecule has 1 N–H and O–H groups in total. The van der Waals surface area contributed by atoms with Crippen LogP contribution in [0.1, 0.15) is 22.7 Å². The highest BCUT2D eigenvalue weighted by atomic mass is 14.9. The molecular weight excluding hydrogens is 206 g/mol. The summed E-state index contributed by atoms with van der Waals surface area (Å²) in [5, 5.41) is 3.59. The van der Waals surface area contributed by atoms with Gasteiger partial charge in [0.15, 0.2) is 0 Å². The molecule has 17 heavy (non-hydrogen) atoms. The van der Waals surface area contributed by atoms with Gasteiger partial charge in [-0.25, -0.2) is 0 Å². The molecule has 84 valence electrons. The van der Waals surface area contributed by atoms with Crippen molar-refractivity contribution in [2.24, 2.45) is 0 Å². The summed E-state index contributed by atoms with van der Waals surface area (Å²) < 4.78 is 0. The molecule has 0 aliphatic carbocycles. The average Bonchev–Trinajstić information content (AvgIpc) is 2.40. The number of anilines is 1. The number of aryl methyl sites for hydroxylation is 1. The summed E-state index contributed by atoms with van der Waals surface area (Å²) in [6.45, 7) is 2.15. The summed E-state index contributed by atoms with van der Waals surface area (Å²) in [7, 11) is 0. The van der Waals surface area contributed by atoms with Crippen molar-refractivity contribution in [3.63, 3.8) is 0 Å². The maximum absolute atomic E-state index is 3.59. The Hall–Kier alpha value is -2.02. The molecule has 1 nitrogen and oxygen atoms in total. The van der Waals surface area contributed by atoms with Gasteiger partial charge in [-0.2, -0.15) is 0 Å². The van der Waals surface area contributed by atoms with Crippen LogP contribution >= 0.6 is 0 Å². The van der Waals surface area contributed by atoms with Crippen molar-refractivity contribution in [3.05, 3.63) is 71.3 Å². The Morgan fingerprint density at radius 3 is 2.59 bits per heavy atom. The van der Waals surface area contributed by atoms with Crippen molar-refractivity contribution in [2.75, 3.05) is 5.32 Å². The fraction of sp³-hybridized carbons (Fsp3) is 0.125. The third kappa shape index (κ3) is 1.84. The molecule has 0 spiro atoms. The molecule has 3 rings (SSSR count). The molecule has 1 aliphatic heterocycles. The number of hydrogen-bond donors (Lipinski definition) is 1. The van der Waals surface area contributed by atoms with E-state index in [0.717, 1.165) is 0 Å². The zero-order chi connectivity index (χ0) is 11.7. The zero-order valence-corrected chi connectivity index (χ0v) is 9.85. The van der Waals surface area contributed by atoms with Crippen LogP contribution in [0.2, 0.25) is 0 Å². The Morgan fingerprint density at radius 2 is 1.76 bits per heavy atom. The van der Waals surface area contributed by atoms with Gasteiger partial charge in [-0.15, -0.1) is 0 Å². The number of para-hydroxylation sites is 1. The smallest absolute Gasteiger partial charge is 0.0701 e. The molecule has 0 saturated heterocycles. The van der Waals surface area contributed by atoms with Crippen LogP contribution in [-0.4, -0.2) is 0 Å². The van der Waals surface area contributed by atoms with E-state index in [1.165, 1.54) is 22.4 Å². The average molecular weight is 221 g/mol. The molecule has 0 amide bonds. The third-order valence-electron chi connectivity index (χ3n) is 3.23. The van der Waals surface area contributed by atoms with Gasteiger partial charge in [-0.1, -0.05) is 60.7 Å². The summed E-state index contributed by atoms with van der Waals surface area (Å²) in [6.07, 6.45) is 4.42. The van der Waals surface area contributed by atoms with Crippen LogP contribution < -0.4 is 5.32 Å². The van der Waals surface area contributed by atoms with Crippen LogP contribution in [0.5, 0.6) is 0 Å². The Morgan fingerprint density at radius 1 is 0.941 bits per heavy atom. The molecule has 0 aromatic heterocycles. The molecule has 1 heterocycles. The summed E-state index contributed by atoms with van der Waals surface area (Å²) in [5.74, 6) is 0. The van der Waals surface area contributed by atoms with Gasteiger partial charge in [-0.3, -0.25) is 0 Å². The van der Waals surface area contributed by atoms with Gasteiger partial charge in [0.25, 0.3) is 0 Å². The Balaban J connectivity index is 1.99. The van der Waals surface area contributed by atoms with E-state index in [9.17, 15) is 0 Å². The van der Waals surface area contributed by atoms with Crippen molar-refractivity contribution in [1.82, 2.24) is 0 Å². The second-order valence-corrected chi connectivity index (χ2v) is 4.43. The Kier molecular flexibility index (Phi) is 2.45. The van der Waals surface area contributed by atoms with E-state index in [-0.39, 0.29) is 6.04 Å². The van der Waals surface area contributed by atoms with E-state index in [1.54, 1.807) is 0 Å². The van der Waals surface area contributed by atoms with Crippen molar-refractivity contribution in [3.8, 4) is 0 Å². The minimum absolute atomic E-state index is 0.282. The number of hydrogen-bond acceptors (Lipinski definition) is 1. The highest BCUT2D eigenvalue weighted by Crippen LogP contribution is 2.32. The lowest BCUT2D eigenvalue weighted by atomic mass is 9.98. The molecule has 0 saturated carbocycles. The van der Waals surface area contributed by atoms with Crippen molar-refractivity contribution >= 4 is 11.8 Å². The number of nitrogens with one attached hydrogen (secondary N) is 1. The first-order valence-corrected chi connectivity index (χ1v) is 5.94. The van der Waals surface area contributed by atoms with Crippen molar-refractivity contribution in [1.29, 1.82) is 0 Å². The van der Waals surface area contributed by atoms with Crippen molar-refractivity contribution < 1.29 is 0 Å². The molecule has 1 aliphatic rings. The minimum Gasteiger partial charge on any atom is -0.374 e. The first-order valence-electron chi connectivity index (χ1n) is 5.94. The molecule has 1 heteroatoms. The van der Waals surface area contributed by atoms with Crippen LogP contribution in [0.4, 0.5) is 5.69 Å². The van der Waals surface area contributed by atoms with Crippen LogP contribution in [0.3, 0.4) is 0 Å². The standard InChI is InChI=1S/C16H15N/c1-12-6-5-9-14-10-11-15(17-16(12)14)13-7-3-2-4-8-13/h2-11,15,17H,1H3. The lowest BCUT2D eigenvalue weighted by Crippen LogP contribution is -2.13. The number of benzene rings is 2. The monoisotopic (exact) mass is 221 g/mol. The molecule has 1 atom stereocenters. The molecule has 0 bridgehead atoms. The highest BCUT2D eigenvalue weighted by Gasteiger charge is 2.14. The minimum atomic E-state index is 0.282. The third-order valence-corrected chi connectivity index (χ3v) is 3.23. The normalized spacial score (nSPS) is 17.4. The van der Waals surface area contributed by atoms with Crippen LogP contribution in [0, 0.1) is 6.92 Å². The Labute approximate surface area is 102 Å². The van der Waals surface area contributed by atoms with Gasteiger partial charge in [0, 0.05) is 5.69 Å². The van der Waals surface area contributed by atoms with E-state index < -0.39 is 0 Å². The van der Waals surface area contributed by atoms with Crippen molar-refractivity contribution in [2.45, 2.75) is 13.0 Å². The quantitative estimate of drug-likeness (QED) is 0.762. The molecule has 2 aromatic rings. The highest BCUT2D eigenvalue weighted by molar-refractivity contribution is 5.74. The number of fused-ring (bicyclic) bond motifs is 1. The second kappa shape index (κ2) is 4.10. The summed E-state index contributed by atoms with van der Waals surface area (Å²) >= 11 is 0. The first kappa shape index (κ1) is 10.2. The fourth-order valence-electron chi connectivity index (χ4n) is 2.28. The van der Waals surface area contributed by atoms with E-state index in [2.05, 4.69) is 72.9 Å². The maximum atomic E-state index is 3.59. The predicted octanol–water partition coefficient (Wildman–Crippen LogP) is 4.18. The second-order valence-electron chi connectivity index (χ2n) is 4.43. The SMILES string of the molecule is Cc1cccc2c1NC(c1ccccc1)C=C2. The first-order chi connectivity index (χ1) is 8.34. The molecule has 2 aromatic carbocycles. The predicted molar refractivity (Wildman–Crippen MR) is 73.0 cm³/mol. The zero-order valence-electron chi connectivity index (χ0n) is 9.85. The molecular formula is C16H15N. The fourth-order valence-corrected chi connectivity index (χ4v) is 2.28. The molecule has 0 radical (unpaired) electrons. The van der Waals surface area contributed by atoms with Gasteiger partial charge in [-0.05, 0) is 23.6 Å². The van der Waals surface area contributed by atoms with Gasteiger partial charge in [0.05, 0.1) is 6.04 Å². The van der Waals surface area contributed by atoms with E-state index in [4.69, 9.17) is 0 Å². The molecule has 0 fully saturated rings. The van der Waals surface area contributed by atoms with E-state index in [0.29, 0.717) is 0 Å². The molecule has 1 unspecified atom stereocenters. The van der Waals surface area contributed by atoms with E-state index in [1.807, 2.05) is 0 Å². The van der Waals surface area contributed by atoms with Gasteiger partial charge < -0.3 is 5.32 Å². The summed E-state index contributed by atoms with van der Waals surface area (Å²) in [4.78, 5) is 0. The summed E-state index contributed by atoms with van der Waals surface area (Å²) in [5.41, 5.74) is 5.13. The number of rotatable bonds is 1. The van der Waals surface area contributed by atoms with Gasteiger partial charge in [0.2, 0.25) is 0 Å². The largest absolute Gasteiger partial charge is 0.374 e. The Bertz CT molecular complexity index is 555. The van der Waals surface area contributed by atoms with Crippen LogP contribution in [0.25, 0.3) is 6.08 Å².